The maximum atomic E-state index is 13.3. The van der Waals surface area contributed by atoms with Crippen molar-refractivity contribution in [2.24, 2.45) is 0 Å². The predicted octanol–water partition coefficient (Wildman–Crippen LogP) is 4.87. The standard InChI is InChI=1S/C20H17FN2OS2/c1-13(14-5-3-2-4-6-14)26-20-22-17-11-12-25-18(17)19(24)23(20)16-9-7-15(21)8-10-16/h2-10,13H,11-12H2,1H3/t13-/m1/s1. The number of fused-ring (bicyclic) bond motifs is 1. The van der Waals surface area contributed by atoms with E-state index in [0.29, 0.717) is 15.7 Å². The summed E-state index contributed by atoms with van der Waals surface area (Å²) in [4.78, 5) is 18.6. The van der Waals surface area contributed by atoms with Crippen LogP contribution in [0, 0.1) is 5.82 Å². The number of nitrogens with zero attached hydrogens (tertiary/aromatic N) is 2. The molecule has 0 spiro atoms. The lowest BCUT2D eigenvalue weighted by molar-refractivity contribution is 0.626. The Morgan fingerprint density at radius 2 is 1.88 bits per heavy atom. The largest absolute Gasteiger partial charge is 0.272 e. The van der Waals surface area contributed by atoms with Crippen molar-refractivity contribution in [2.45, 2.75) is 28.6 Å². The van der Waals surface area contributed by atoms with Gasteiger partial charge in [0.25, 0.3) is 5.56 Å². The summed E-state index contributed by atoms with van der Waals surface area (Å²) in [7, 11) is 0. The Morgan fingerprint density at radius 1 is 1.15 bits per heavy atom. The molecule has 3 nitrogen and oxygen atoms in total. The fraction of sp³-hybridized carbons (Fsp3) is 0.200. The minimum absolute atomic E-state index is 0.0631. The molecule has 0 radical (unpaired) electrons. The number of rotatable bonds is 4. The van der Waals surface area contributed by atoms with Crippen molar-refractivity contribution in [1.29, 1.82) is 0 Å². The van der Waals surface area contributed by atoms with Gasteiger partial charge in [-0.05, 0) is 36.8 Å². The first-order chi connectivity index (χ1) is 12.6. The van der Waals surface area contributed by atoms with E-state index in [-0.39, 0.29) is 16.6 Å². The molecule has 0 aliphatic carbocycles. The molecule has 26 heavy (non-hydrogen) atoms. The topological polar surface area (TPSA) is 34.9 Å². The monoisotopic (exact) mass is 384 g/mol. The Bertz CT molecular complexity index is 987. The number of halogens is 1. The Hall–Kier alpha value is -2.05. The summed E-state index contributed by atoms with van der Waals surface area (Å²) in [5.41, 5.74) is 2.63. The smallest absolute Gasteiger partial charge is 0.268 e. The van der Waals surface area contributed by atoms with Crippen LogP contribution in [0.5, 0.6) is 0 Å². The van der Waals surface area contributed by atoms with Gasteiger partial charge in [-0.3, -0.25) is 9.36 Å². The molecule has 0 unspecified atom stereocenters. The van der Waals surface area contributed by atoms with Gasteiger partial charge < -0.3 is 0 Å². The van der Waals surface area contributed by atoms with E-state index in [1.165, 1.54) is 17.7 Å². The summed E-state index contributed by atoms with van der Waals surface area (Å²) < 4.78 is 15.0. The number of aryl methyl sites for hydroxylation is 1. The number of benzene rings is 2. The number of thioether (sulfide) groups is 2. The quantitative estimate of drug-likeness (QED) is 0.475. The first-order valence-electron chi connectivity index (χ1n) is 8.40. The fourth-order valence-electron chi connectivity index (χ4n) is 2.94. The van der Waals surface area contributed by atoms with Crippen molar-refractivity contribution in [3.8, 4) is 5.69 Å². The zero-order valence-corrected chi connectivity index (χ0v) is 15.8. The van der Waals surface area contributed by atoms with Crippen LogP contribution >= 0.6 is 23.5 Å². The van der Waals surface area contributed by atoms with Crippen molar-refractivity contribution < 1.29 is 4.39 Å². The zero-order chi connectivity index (χ0) is 18.1. The first-order valence-corrected chi connectivity index (χ1v) is 10.3. The summed E-state index contributed by atoms with van der Waals surface area (Å²) >= 11 is 3.10. The van der Waals surface area contributed by atoms with Gasteiger partial charge in [-0.2, -0.15) is 0 Å². The van der Waals surface area contributed by atoms with E-state index in [4.69, 9.17) is 4.98 Å². The highest BCUT2D eigenvalue weighted by molar-refractivity contribution is 7.99. The van der Waals surface area contributed by atoms with Gasteiger partial charge in [0.15, 0.2) is 5.16 Å². The molecule has 0 N–H and O–H groups in total. The lowest BCUT2D eigenvalue weighted by atomic mass is 10.2. The second kappa shape index (κ2) is 7.29. The van der Waals surface area contributed by atoms with Crippen LogP contribution in [0.1, 0.15) is 23.4 Å². The Labute approximate surface area is 159 Å². The Kier molecular flexibility index (Phi) is 4.87. The van der Waals surface area contributed by atoms with E-state index in [2.05, 4.69) is 19.1 Å². The summed E-state index contributed by atoms with van der Waals surface area (Å²) in [5.74, 6) is 0.556. The maximum Gasteiger partial charge on any atom is 0.272 e. The average molecular weight is 385 g/mol. The molecular weight excluding hydrogens is 367 g/mol. The highest BCUT2D eigenvalue weighted by Crippen LogP contribution is 2.36. The summed E-state index contributed by atoms with van der Waals surface area (Å²) in [6, 6.07) is 16.1. The predicted molar refractivity (Wildman–Crippen MR) is 105 cm³/mol. The molecule has 0 amide bonds. The molecule has 0 fully saturated rings. The van der Waals surface area contributed by atoms with E-state index in [0.717, 1.165) is 17.9 Å². The summed E-state index contributed by atoms with van der Waals surface area (Å²) in [5, 5.41) is 0.793. The molecule has 0 bridgehead atoms. The third-order valence-electron chi connectivity index (χ3n) is 4.30. The molecular formula is C20H17FN2OS2. The average Bonchev–Trinajstić information content (AvgIpc) is 3.13. The number of aromatic nitrogens is 2. The van der Waals surface area contributed by atoms with Crippen LogP contribution < -0.4 is 5.56 Å². The van der Waals surface area contributed by atoms with Crippen molar-refractivity contribution >= 4 is 23.5 Å². The third kappa shape index (κ3) is 3.31. The number of hydrogen-bond acceptors (Lipinski definition) is 4. The molecule has 132 valence electrons. The van der Waals surface area contributed by atoms with Crippen LogP contribution in [0.3, 0.4) is 0 Å². The Balaban J connectivity index is 1.81. The van der Waals surface area contributed by atoms with E-state index in [1.54, 1.807) is 40.2 Å². The van der Waals surface area contributed by atoms with Gasteiger partial charge in [-0.25, -0.2) is 9.37 Å². The van der Waals surface area contributed by atoms with Gasteiger partial charge in [0, 0.05) is 17.4 Å². The van der Waals surface area contributed by atoms with Crippen LogP contribution in [-0.2, 0) is 6.42 Å². The molecule has 6 heteroatoms. The molecule has 0 saturated heterocycles. The highest BCUT2D eigenvalue weighted by atomic mass is 32.2. The second-order valence-corrected chi connectivity index (χ2v) is 8.47. The molecule has 1 aliphatic rings. The molecule has 1 aliphatic heterocycles. The van der Waals surface area contributed by atoms with Gasteiger partial charge >= 0.3 is 0 Å². The maximum absolute atomic E-state index is 13.3. The first kappa shape index (κ1) is 17.4. The minimum Gasteiger partial charge on any atom is -0.268 e. The zero-order valence-electron chi connectivity index (χ0n) is 14.2. The van der Waals surface area contributed by atoms with E-state index in [1.807, 2.05) is 18.2 Å². The van der Waals surface area contributed by atoms with E-state index in [9.17, 15) is 9.18 Å². The van der Waals surface area contributed by atoms with Crippen molar-refractivity contribution in [3.05, 3.63) is 82.0 Å². The van der Waals surface area contributed by atoms with Crippen molar-refractivity contribution in [2.75, 3.05) is 5.75 Å². The van der Waals surface area contributed by atoms with Crippen LogP contribution in [-0.4, -0.2) is 15.3 Å². The van der Waals surface area contributed by atoms with Gasteiger partial charge in [0.2, 0.25) is 0 Å². The SMILES string of the molecule is C[C@@H](Sc1nc2c(c(=O)n1-c1ccc(F)cc1)SCC2)c1ccccc1. The van der Waals surface area contributed by atoms with Crippen LogP contribution in [0.25, 0.3) is 5.69 Å². The normalized spacial score (nSPS) is 14.2. The van der Waals surface area contributed by atoms with E-state index < -0.39 is 0 Å². The van der Waals surface area contributed by atoms with Crippen molar-refractivity contribution in [1.82, 2.24) is 9.55 Å². The van der Waals surface area contributed by atoms with Crippen molar-refractivity contribution in [3.63, 3.8) is 0 Å². The number of hydrogen-bond donors (Lipinski definition) is 0. The summed E-state index contributed by atoms with van der Waals surface area (Å²) in [6.07, 6.45) is 0.812. The fourth-order valence-corrected chi connectivity index (χ4v) is 5.03. The molecule has 1 aromatic heterocycles. The Morgan fingerprint density at radius 3 is 2.62 bits per heavy atom. The van der Waals surface area contributed by atoms with Gasteiger partial charge in [0.1, 0.15) is 5.82 Å². The van der Waals surface area contributed by atoms with Crippen LogP contribution in [0.2, 0.25) is 0 Å². The molecule has 4 rings (SSSR count). The van der Waals surface area contributed by atoms with Gasteiger partial charge in [0.05, 0.1) is 16.3 Å². The van der Waals surface area contributed by atoms with Crippen LogP contribution in [0.15, 0.2) is 69.4 Å². The third-order valence-corrected chi connectivity index (χ3v) is 6.52. The summed E-state index contributed by atoms with van der Waals surface area (Å²) in [6.45, 7) is 2.10. The highest BCUT2D eigenvalue weighted by Gasteiger charge is 2.23. The molecule has 0 saturated carbocycles. The van der Waals surface area contributed by atoms with Gasteiger partial charge in [-0.15, -0.1) is 11.8 Å². The van der Waals surface area contributed by atoms with E-state index >= 15 is 0 Å². The molecule has 1 atom stereocenters. The minimum atomic E-state index is -0.322. The van der Waals surface area contributed by atoms with Crippen LogP contribution in [0.4, 0.5) is 4.39 Å². The lowest BCUT2D eigenvalue weighted by Gasteiger charge is -2.17. The second-order valence-electron chi connectivity index (χ2n) is 6.06. The molecule has 2 heterocycles. The van der Waals surface area contributed by atoms with Gasteiger partial charge in [-0.1, -0.05) is 42.1 Å². The lowest BCUT2D eigenvalue weighted by Crippen LogP contribution is -2.24. The molecule has 2 aromatic carbocycles. The molecule has 3 aromatic rings.